The summed E-state index contributed by atoms with van der Waals surface area (Å²) in [4.78, 5) is 37.3. The fourth-order valence-corrected chi connectivity index (χ4v) is 4.64. The molecule has 1 aliphatic carbocycles. The maximum Gasteiger partial charge on any atom is 0.338 e. The van der Waals surface area contributed by atoms with E-state index in [9.17, 15) is 14.7 Å². The number of hydrogen-bond donors (Lipinski definition) is 2. The third-order valence-corrected chi connectivity index (χ3v) is 6.31. The van der Waals surface area contributed by atoms with Crippen molar-refractivity contribution in [1.82, 2.24) is 19.5 Å². The minimum absolute atomic E-state index is 0.00990. The van der Waals surface area contributed by atoms with Gasteiger partial charge in [-0.2, -0.15) is 0 Å². The molecule has 1 saturated carbocycles. The second kappa shape index (κ2) is 9.96. The molecule has 11 nitrogen and oxygen atoms in total. The van der Waals surface area contributed by atoms with Gasteiger partial charge in [0.15, 0.2) is 23.2 Å². The van der Waals surface area contributed by atoms with Crippen molar-refractivity contribution in [3.05, 3.63) is 48.5 Å². The Hall–Kier alpha value is -3.57. The molecule has 3 aromatic rings. The number of aliphatic hydroxyl groups is 1. The second-order valence-electron chi connectivity index (χ2n) is 8.79. The van der Waals surface area contributed by atoms with Crippen molar-refractivity contribution in [2.45, 2.75) is 63.2 Å². The predicted octanol–water partition coefficient (Wildman–Crippen LogP) is 2.23. The monoisotopic (exact) mass is 481 g/mol. The molecule has 0 spiro atoms. The fraction of sp³-hybridized carbons (Fsp3) is 0.458. The maximum atomic E-state index is 12.3. The highest BCUT2D eigenvalue weighted by molar-refractivity contribution is 5.89. The Morgan fingerprint density at radius 3 is 2.77 bits per heavy atom. The van der Waals surface area contributed by atoms with Gasteiger partial charge in [-0.05, 0) is 31.4 Å². The Morgan fingerprint density at radius 1 is 1.20 bits per heavy atom. The standard InChI is InChI=1S/C24H27N5O6/c1-14(30)34-19-10-16(11-33-24(32)15-6-3-2-4-7-15)35-23(19)29-13-27-20-21(25-12-26-22(20)29)28-17-8-5-9-18(17)31/h2-4,6-7,12-13,16-19,23,31H,5,8-11H2,1H3,(H,25,26,28)/t16-,17-,18-,19+,23+/m0/s1. The van der Waals surface area contributed by atoms with Crippen LogP contribution >= 0.6 is 0 Å². The van der Waals surface area contributed by atoms with Crippen LogP contribution in [0.3, 0.4) is 0 Å². The number of hydrogen-bond acceptors (Lipinski definition) is 10. The number of ether oxygens (including phenoxy) is 3. The van der Waals surface area contributed by atoms with Crippen LogP contribution in [0.1, 0.15) is 49.2 Å². The first kappa shape index (κ1) is 23.2. The molecule has 184 valence electrons. The van der Waals surface area contributed by atoms with E-state index in [1.165, 1.54) is 13.3 Å². The molecule has 0 bridgehead atoms. The summed E-state index contributed by atoms with van der Waals surface area (Å²) in [5.41, 5.74) is 1.47. The Kier molecular flexibility index (Phi) is 6.60. The lowest BCUT2D eigenvalue weighted by Gasteiger charge is -2.20. The third-order valence-electron chi connectivity index (χ3n) is 6.31. The van der Waals surface area contributed by atoms with Gasteiger partial charge in [0.25, 0.3) is 0 Å². The molecule has 1 aliphatic heterocycles. The number of aliphatic hydroxyl groups excluding tert-OH is 1. The summed E-state index contributed by atoms with van der Waals surface area (Å²) in [6, 6.07) is 8.60. The van der Waals surface area contributed by atoms with Crippen LogP contribution in [0.2, 0.25) is 0 Å². The number of esters is 2. The first-order valence-electron chi connectivity index (χ1n) is 11.7. The maximum absolute atomic E-state index is 12.3. The zero-order valence-corrected chi connectivity index (χ0v) is 19.2. The smallest absolute Gasteiger partial charge is 0.338 e. The zero-order valence-electron chi connectivity index (χ0n) is 19.2. The molecule has 3 heterocycles. The van der Waals surface area contributed by atoms with E-state index in [1.807, 2.05) is 6.07 Å². The van der Waals surface area contributed by atoms with E-state index in [2.05, 4.69) is 20.3 Å². The molecule has 11 heteroatoms. The van der Waals surface area contributed by atoms with Crippen LogP contribution in [-0.4, -0.2) is 67.5 Å². The van der Waals surface area contributed by atoms with Gasteiger partial charge in [0.1, 0.15) is 19.0 Å². The first-order valence-corrected chi connectivity index (χ1v) is 11.7. The average molecular weight is 482 g/mol. The number of nitrogens with zero attached hydrogens (tertiary/aromatic N) is 4. The molecule has 2 N–H and O–H groups in total. The zero-order chi connectivity index (χ0) is 24.4. The predicted molar refractivity (Wildman–Crippen MR) is 123 cm³/mol. The van der Waals surface area contributed by atoms with E-state index in [0.29, 0.717) is 29.0 Å². The van der Waals surface area contributed by atoms with Gasteiger partial charge in [0, 0.05) is 13.3 Å². The highest BCUT2D eigenvalue weighted by atomic mass is 16.6. The van der Waals surface area contributed by atoms with Gasteiger partial charge in [-0.15, -0.1) is 0 Å². The van der Waals surface area contributed by atoms with Crippen molar-refractivity contribution < 1.29 is 28.9 Å². The number of fused-ring (bicyclic) bond motifs is 1. The third kappa shape index (κ3) is 4.96. The summed E-state index contributed by atoms with van der Waals surface area (Å²) < 4.78 is 18.8. The SMILES string of the molecule is CC(=O)O[C@@H]1C[C@@H](COC(=O)c2ccccc2)O[C@H]1n1cnc2c(N[C@H]3CCC[C@@H]3O)ncnc21. The van der Waals surface area contributed by atoms with Crippen LogP contribution in [0.4, 0.5) is 5.82 Å². The van der Waals surface area contributed by atoms with Gasteiger partial charge in [-0.25, -0.2) is 19.7 Å². The molecule has 0 amide bonds. The molecule has 35 heavy (non-hydrogen) atoms. The number of imidazole rings is 1. The van der Waals surface area contributed by atoms with Crippen LogP contribution in [0, 0.1) is 0 Å². The summed E-state index contributed by atoms with van der Waals surface area (Å²) >= 11 is 0. The van der Waals surface area contributed by atoms with Gasteiger partial charge in [-0.1, -0.05) is 18.2 Å². The van der Waals surface area contributed by atoms with Gasteiger partial charge >= 0.3 is 11.9 Å². The molecule has 2 fully saturated rings. The molecule has 1 saturated heterocycles. The number of carbonyl (C=O) groups is 2. The van der Waals surface area contributed by atoms with Crippen LogP contribution in [-0.2, 0) is 19.0 Å². The highest BCUT2D eigenvalue weighted by Crippen LogP contribution is 2.34. The number of anilines is 1. The van der Waals surface area contributed by atoms with Crippen LogP contribution in [0.5, 0.6) is 0 Å². The van der Waals surface area contributed by atoms with Crippen LogP contribution in [0.15, 0.2) is 43.0 Å². The van der Waals surface area contributed by atoms with Crippen LogP contribution in [0.25, 0.3) is 11.2 Å². The van der Waals surface area contributed by atoms with E-state index >= 15 is 0 Å². The number of aromatic nitrogens is 4. The summed E-state index contributed by atoms with van der Waals surface area (Å²) in [7, 11) is 0. The van der Waals surface area contributed by atoms with Gasteiger partial charge < -0.3 is 24.6 Å². The van der Waals surface area contributed by atoms with E-state index in [4.69, 9.17) is 14.2 Å². The lowest BCUT2D eigenvalue weighted by Crippen LogP contribution is -2.28. The van der Waals surface area contributed by atoms with Crippen molar-refractivity contribution in [1.29, 1.82) is 0 Å². The quantitative estimate of drug-likeness (QED) is 0.483. The van der Waals surface area contributed by atoms with Crippen molar-refractivity contribution in [2.24, 2.45) is 0 Å². The van der Waals surface area contributed by atoms with E-state index in [1.54, 1.807) is 35.2 Å². The minimum atomic E-state index is -0.704. The van der Waals surface area contributed by atoms with E-state index in [-0.39, 0.29) is 12.6 Å². The van der Waals surface area contributed by atoms with Gasteiger partial charge in [0.05, 0.1) is 30.1 Å². The van der Waals surface area contributed by atoms with E-state index < -0.39 is 36.5 Å². The molecule has 2 aromatic heterocycles. The lowest BCUT2D eigenvalue weighted by atomic mass is 10.2. The molecule has 5 atom stereocenters. The van der Waals surface area contributed by atoms with Gasteiger partial charge in [-0.3, -0.25) is 9.36 Å². The molecule has 1 aromatic carbocycles. The minimum Gasteiger partial charge on any atom is -0.459 e. The Bertz CT molecular complexity index is 1200. The molecule has 0 radical (unpaired) electrons. The topological polar surface area (TPSA) is 138 Å². The Balaban J connectivity index is 1.34. The molecular formula is C24H27N5O6. The number of carbonyl (C=O) groups excluding carboxylic acids is 2. The fourth-order valence-electron chi connectivity index (χ4n) is 4.64. The van der Waals surface area contributed by atoms with Crippen molar-refractivity contribution >= 4 is 28.9 Å². The molecule has 5 rings (SSSR count). The largest absolute Gasteiger partial charge is 0.459 e. The summed E-state index contributed by atoms with van der Waals surface area (Å²) in [5, 5.41) is 13.5. The summed E-state index contributed by atoms with van der Waals surface area (Å²) in [6.45, 7) is 1.35. The van der Waals surface area contributed by atoms with Crippen molar-refractivity contribution in [3.8, 4) is 0 Å². The lowest BCUT2D eigenvalue weighted by molar-refractivity contribution is -0.152. The van der Waals surface area contributed by atoms with Crippen molar-refractivity contribution in [2.75, 3.05) is 11.9 Å². The first-order chi connectivity index (χ1) is 17.0. The van der Waals surface area contributed by atoms with Crippen molar-refractivity contribution in [3.63, 3.8) is 0 Å². The molecule has 2 aliphatic rings. The number of benzene rings is 1. The number of rotatable bonds is 7. The molecule has 0 unspecified atom stereocenters. The average Bonchev–Trinajstić information content (AvgIpc) is 3.57. The molecular weight excluding hydrogens is 454 g/mol. The Labute approximate surface area is 201 Å². The highest BCUT2D eigenvalue weighted by Gasteiger charge is 2.40. The summed E-state index contributed by atoms with van der Waals surface area (Å²) in [6.07, 6.45) is 3.61. The Morgan fingerprint density at radius 2 is 2.03 bits per heavy atom. The van der Waals surface area contributed by atoms with Crippen LogP contribution < -0.4 is 5.32 Å². The van der Waals surface area contributed by atoms with E-state index in [0.717, 1.165) is 19.3 Å². The number of nitrogens with one attached hydrogen (secondary N) is 1. The normalized spacial score (nSPS) is 26.1. The van der Waals surface area contributed by atoms with Gasteiger partial charge in [0.2, 0.25) is 0 Å². The summed E-state index contributed by atoms with van der Waals surface area (Å²) in [5.74, 6) is -0.371. The second-order valence-corrected chi connectivity index (χ2v) is 8.79.